The van der Waals surface area contributed by atoms with Gasteiger partial charge in [0.1, 0.15) is 0 Å². The number of hydrogen-bond donors (Lipinski definition) is 1. The van der Waals surface area contributed by atoms with E-state index >= 15 is 0 Å². The van der Waals surface area contributed by atoms with E-state index in [9.17, 15) is 0 Å². The number of anilines is 1. The van der Waals surface area contributed by atoms with Crippen LogP contribution in [0.4, 0.5) is 5.95 Å². The van der Waals surface area contributed by atoms with Crippen LogP contribution < -0.4 is 5.32 Å². The highest BCUT2D eigenvalue weighted by Gasteiger charge is 2.03. The Balaban J connectivity index is 2.82. The number of rotatable bonds is 1. The van der Waals surface area contributed by atoms with E-state index in [2.05, 4.69) is 16.4 Å². The first-order chi connectivity index (χ1) is 5.83. The van der Waals surface area contributed by atoms with Crippen LogP contribution in [0.1, 0.15) is 5.69 Å². The van der Waals surface area contributed by atoms with E-state index in [-0.39, 0.29) is 0 Å². The summed E-state index contributed by atoms with van der Waals surface area (Å²) >= 11 is 0. The first-order valence-electron chi connectivity index (χ1n) is 3.94. The summed E-state index contributed by atoms with van der Waals surface area (Å²) in [5.74, 6) is 0.892. The molecule has 0 aliphatic carbocycles. The second-order valence-electron chi connectivity index (χ2n) is 2.73. The SMILES string of the molecule is CNc1nc(C)c2ccccn12. The molecule has 0 saturated heterocycles. The zero-order valence-electron chi connectivity index (χ0n) is 7.20. The maximum atomic E-state index is 4.36. The normalized spacial score (nSPS) is 10.5. The van der Waals surface area contributed by atoms with Gasteiger partial charge in [0, 0.05) is 13.2 Å². The van der Waals surface area contributed by atoms with E-state index in [1.54, 1.807) is 0 Å². The molecule has 2 aromatic heterocycles. The van der Waals surface area contributed by atoms with Crippen molar-refractivity contribution in [2.75, 3.05) is 12.4 Å². The van der Waals surface area contributed by atoms with Gasteiger partial charge < -0.3 is 5.32 Å². The molecule has 0 bridgehead atoms. The van der Waals surface area contributed by atoms with Gasteiger partial charge in [-0.05, 0) is 19.1 Å². The number of pyridine rings is 1. The van der Waals surface area contributed by atoms with E-state index in [1.807, 2.05) is 36.7 Å². The molecule has 0 spiro atoms. The second-order valence-corrected chi connectivity index (χ2v) is 2.73. The Morgan fingerprint density at radius 2 is 2.25 bits per heavy atom. The second kappa shape index (κ2) is 2.52. The van der Waals surface area contributed by atoms with Crippen molar-refractivity contribution in [1.29, 1.82) is 0 Å². The molecule has 1 N–H and O–H groups in total. The molecule has 2 aromatic rings. The van der Waals surface area contributed by atoms with Crippen LogP contribution in [0.15, 0.2) is 24.4 Å². The Bertz CT molecular complexity index is 403. The molecule has 0 radical (unpaired) electrons. The third kappa shape index (κ3) is 0.863. The number of nitrogens with one attached hydrogen (secondary N) is 1. The summed E-state index contributed by atoms with van der Waals surface area (Å²) in [7, 11) is 1.88. The van der Waals surface area contributed by atoms with Gasteiger partial charge in [-0.1, -0.05) is 6.07 Å². The van der Waals surface area contributed by atoms with E-state index in [4.69, 9.17) is 0 Å². The van der Waals surface area contributed by atoms with Crippen molar-refractivity contribution >= 4 is 11.5 Å². The van der Waals surface area contributed by atoms with E-state index in [1.165, 1.54) is 0 Å². The van der Waals surface area contributed by atoms with Crippen LogP contribution in [0.25, 0.3) is 5.52 Å². The lowest BCUT2D eigenvalue weighted by molar-refractivity contribution is 1.14. The molecule has 2 rings (SSSR count). The van der Waals surface area contributed by atoms with Crippen LogP contribution in [0, 0.1) is 6.92 Å². The molecule has 0 saturated carbocycles. The van der Waals surface area contributed by atoms with Crippen molar-refractivity contribution < 1.29 is 0 Å². The van der Waals surface area contributed by atoms with Crippen LogP contribution in [0.3, 0.4) is 0 Å². The van der Waals surface area contributed by atoms with Crippen LogP contribution in [0.2, 0.25) is 0 Å². The molecule has 3 heteroatoms. The maximum absolute atomic E-state index is 4.36. The first kappa shape index (κ1) is 7.16. The highest BCUT2D eigenvalue weighted by molar-refractivity contribution is 5.57. The minimum atomic E-state index is 0.892. The number of aryl methyl sites for hydroxylation is 1. The molecule has 0 amide bonds. The topological polar surface area (TPSA) is 29.3 Å². The third-order valence-corrected chi connectivity index (χ3v) is 1.96. The number of nitrogens with zero attached hydrogens (tertiary/aromatic N) is 2. The predicted octanol–water partition coefficient (Wildman–Crippen LogP) is 1.68. The highest BCUT2D eigenvalue weighted by Crippen LogP contribution is 2.14. The van der Waals surface area contributed by atoms with Gasteiger partial charge in [-0.3, -0.25) is 4.40 Å². The lowest BCUT2D eigenvalue weighted by Gasteiger charge is -1.97. The van der Waals surface area contributed by atoms with Crippen LogP contribution in [-0.4, -0.2) is 16.4 Å². The standard InChI is InChI=1S/C9H11N3/c1-7-8-5-3-4-6-12(8)9(10-2)11-7/h3-6H,1-2H3,(H,10,11). The zero-order chi connectivity index (χ0) is 8.55. The lowest BCUT2D eigenvalue weighted by atomic mass is 10.3. The summed E-state index contributed by atoms with van der Waals surface area (Å²) in [6.45, 7) is 2.01. The van der Waals surface area contributed by atoms with Crippen LogP contribution in [0.5, 0.6) is 0 Å². The molecule has 62 valence electrons. The van der Waals surface area contributed by atoms with Gasteiger partial charge in [0.15, 0.2) is 0 Å². The average Bonchev–Trinajstić information content (AvgIpc) is 2.44. The summed E-state index contributed by atoms with van der Waals surface area (Å²) in [4.78, 5) is 4.36. The molecule has 0 atom stereocenters. The van der Waals surface area contributed by atoms with Gasteiger partial charge in [-0.15, -0.1) is 0 Å². The van der Waals surface area contributed by atoms with Crippen molar-refractivity contribution in [1.82, 2.24) is 9.38 Å². The lowest BCUT2D eigenvalue weighted by Crippen LogP contribution is -1.94. The van der Waals surface area contributed by atoms with Crippen LogP contribution >= 0.6 is 0 Å². The molecular formula is C9H11N3. The van der Waals surface area contributed by atoms with Gasteiger partial charge in [-0.2, -0.15) is 0 Å². The molecule has 2 heterocycles. The third-order valence-electron chi connectivity index (χ3n) is 1.96. The van der Waals surface area contributed by atoms with Gasteiger partial charge in [0.05, 0.1) is 11.2 Å². The fraction of sp³-hybridized carbons (Fsp3) is 0.222. The van der Waals surface area contributed by atoms with Crippen molar-refractivity contribution in [3.05, 3.63) is 30.1 Å². The van der Waals surface area contributed by atoms with Gasteiger partial charge in [0.25, 0.3) is 0 Å². The minimum absolute atomic E-state index is 0.892. The van der Waals surface area contributed by atoms with Gasteiger partial charge in [0.2, 0.25) is 5.95 Å². The number of hydrogen-bond acceptors (Lipinski definition) is 2. The largest absolute Gasteiger partial charge is 0.358 e. The molecule has 0 fully saturated rings. The summed E-state index contributed by atoms with van der Waals surface area (Å²) in [5, 5.41) is 3.04. The molecule has 0 aliphatic rings. The molecular weight excluding hydrogens is 150 g/mol. The predicted molar refractivity (Wildman–Crippen MR) is 49.5 cm³/mol. The van der Waals surface area contributed by atoms with E-state index in [0.717, 1.165) is 17.2 Å². The van der Waals surface area contributed by atoms with E-state index in [0.29, 0.717) is 0 Å². The number of aromatic nitrogens is 2. The zero-order valence-corrected chi connectivity index (χ0v) is 7.20. The fourth-order valence-electron chi connectivity index (χ4n) is 1.37. The van der Waals surface area contributed by atoms with Gasteiger partial charge in [-0.25, -0.2) is 4.98 Å². The van der Waals surface area contributed by atoms with Crippen LogP contribution in [-0.2, 0) is 0 Å². The molecule has 12 heavy (non-hydrogen) atoms. The Morgan fingerprint density at radius 3 is 3.00 bits per heavy atom. The molecule has 0 unspecified atom stereocenters. The average molecular weight is 161 g/mol. The number of fused-ring (bicyclic) bond motifs is 1. The maximum Gasteiger partial charge on any atom is 0.207 e. The summed E-state index contributed by atoms with van der Waals surface area (Å²) < 4.78 is 2.04. The first-order valence-corrected chi connectivity index (χ1v) is 3.94. The van der Waals surface area contributed by atoms with E-state index < -0.39 is 0 Å². The summed E-state index contributed by atoms with van der Waals surface area (Å²) in [6.07, 6.45) is 2.00. The Hall–Kier alpha value is -1.51. The Kier molecular flexibility index (Phi) is 1.50. The summed E-state index contributed by atoms with van der Waals surface area (Å²) in [5.41, 5.74) is 2.21. The minimum Gasteiger partial charge on any atom is -0.358 e. The quantitative estimate of drug-likeness (QED) is 0.689. The molecule has 3 nitrogen and oxygen atoms in total. The Labute approximate surface area is 71.0 Å². The van der Waals surface area contributed by atoms with Crippen molar-refractivity contribution in [3.63, 3.8) is 0 Å². The monoisotopic (exact) mass is 161 g/mol. The molecule has 0 aromatic carbocycles. The smallest absolute Gasteiger partial charge is 0.207 e. The number of imidazole rings is 1. The summed E-state index contributed by atoms with van der Waals surface area (Å²) in [6, 6.07) is 6.07. The highest BCUT2D eigenvalue weighted by atomic mass is 15.2. The van der Waals surface area contributed by atoms with Crippen molar-refractivity contribution in [2.24, 2.45) is 0 Å². The van der Waals surface area contributed by atoms with Gasteiger partial charge >= 0.3 is 0 Å². The Morgan fingerprint density at radius 1 is 1.42 bits per heavy atom. The van der Waals surface area contributed by atoms with Crippen molar-refractivity contribution in [2.45, 2.75) is 6.92 Å². The van der Waals surface area contributed by atoms with Crippen molar-refractivity contribution in [3.8, 4) is 0 Å². The molecule has 0 aliphatic heterocycles. The fourth-order valence-corrected chi connectivity index (χ4v) is 1.37.